The van der Waals surface area contributed by atoms with Crippen molar-refractivity contribution in [2.75, 3.05) is 12.4 Å². The average Bonchev–Trinajstić information content (AvgIpc) is 2.37. The van der Waals surface area contributed by atoms with Crippen molar-refractivity contribution in [1.82, 2.24) is 9.97 Å². The van der Waals surface area contributed by atoms with Gasteiger partial charge in [0.2, 0.25) is 0 Å². The molecule has 0 fully saturated rings. The summed E-state index contributed by atoms with van der Waals surface area (Å²) in [5, 5.41) is 3.06. The van der Waals surface area contributed by atoms with E-state index in [9.17, 15) is 0 Å². The number of benzene rings is 1. The fourth-order valence-corrected chi connectivity index (χ4v) is 2.79. The lowest BCUT2D eigenvalue weighted by Crippen LogP contribution is -2.00. The molecule has 0 bridgehead atoms. The van der Waals surface area contributed by atoms with Crippen molar-refractivity contribution >= 4 is 17.6 Å². The highest BCUT2D eigenvalue weighted by Gasteiger charge is 2.04. The van der Waals surface area contributed by atoms with Crippen LogP contribution in [0.3, 0.4) is 0 Å². The van der Waals surface area contributed by atoms with E-state index in [1.54, 1.807) is 11.8 Å². The molecule has 0 atom stereocenters. The van der Waals surface area contributed by atoms with Crippen molar-refractivity contribution in [1.29, 1.82) is 0 Å². The van der Waals surface area contributed by atoms with Crippen LogP contribution in [0, 0.1) is 20.8 Å². The number of hydrogen-bond acceptors (Lipinski definition) is 4. The molecule has 4 heteroatoms. The summed E-state index contributed by atoms with van der Waals surface area (Å²) in [6.07, 6.45) is 0. The van der Waals surface area contributed by atoms with Crippen LogP contribution in [-0.2, 0) is 5.75 Å². The number of aryl methyl sites for hydroxylation is 3. The van der Waals surface area contributed by atoms with Crippen molar-refractivity contribution in [3.05, 3.63) is 46.9 Å². The SMILES string of the molecule is CNc1cc(C)nc(CSc2ccc(C)cc2C)n1. The monoisotopic (exact) mass is 273 g/mol. The van der Waals surface area contributed by atoms with E-state index in [0.29, 0.717) is 0 Å². The van der Waals surface area contributed by atoms with Crippen LogP contribution in [0.1, 0.15) is 22.6 Å². The summed E-state index contributed by atoms with van der Waals surface area (Å²) in [7, 11) is 1.88. The van der Waals surface area contributed by atoms with E-state index < -0.39 is 0 Å². The van der Waals surface area contributed by atoms with Crippen molar-refractivity contribution in [3.8, 4) is 0 Å². The van der Waals surface area contributed by atoms with E-state index in [1.807, 2.05) is 20.0 Å². The quantitative estimate of drug-likeness (QED) is 0.861. The minimum atomic E-state index is 0.792. The van der Waals surface area contributed by atoms with Crippen LogP contribution in [0.15, 0.2) is 29.2 Å². The lowest BCUT2D eigenvalue weighted by molar-refractivity contribution is 0.996. The Morgan fingerprint density at radius 3 is 2.58 bits per heavy atom. The second-order valence-corrected chi connectivity index (χ2v) is 5.64. The summed E-state index contributed by atoms with van der Waals surface area (Å²) in [5.41, 5.74) is 3.60. The van der Waals surface area contributed by atoms with Crippen LogP contribution >= 0.6 is 11.8 Å². The topological polar surface area (TPSA) is 37.8 Å². The van der Waals surface area contributed by atoms with E-state index in [0.717, 1.165) is 23.1 Å². The third-order valence-electron chi connectivity index (χ3n) is 2.84. The largest absolute Gasteiger partial charge is 0.373 e. The van der Waals surface area contributed by atoms with Gasteiger partial charge < -0.3 is 5.32 Å². The lowest BCUT2D eigenvalue weighted by atomic mass is 10.2. The summed E-state index contributed by atoms with van der Waals surface area (Å²) in [6, 6.07) is 8.47. The zero-order valence-electron chi connectivity index (χ0n) is 11.8. The number of aromatic nitrogens is 2. The van der Waals surface area contributed by atoms with Gasteiger partial charge >= 0.3 is 0 Å². The molecule has 0 saturated carbocycles. The summed E-state index contributed by atoms with van der Waals surface area (Å²) >= 11 is 1.78. The number of rotatable bonds is 4. The Bertz CT molecular complexity index is 582. The zero-order valence-corrected chi connectivity index (χ0v) is 12.6. The van der Waals surface area contributed by atoms with Gasteiger partial charge in [-0.2, -0.15) is 0 Å². The van der Waals surface area contributed by atoms with Crippen molar-refractivity contribution in [2.45, 2.75) is 31.4 Å². The Balaban J connectivity index is 2.12. The van der Waals surface area contributed by atoms with Crippen LogP contribution in [0.5, 0.6) is 0 Å². The molecular weight excluding hydrogens is 254 g/mol. The number of nitrogens with zero attached hydrogens (tertiary/aromatic N) is 2. The second kappa shape index (κ2) is 6.06. The lowest BCUT2D eigenvalue weighted by Gasteiger charge is -2.08. The highest BCUT2D eigenvalue weighted by atomic mass is 32.2. The highest BCUT2D eigenvalue weighted by Crippen LogP contribution is 2.26. The maximum absolute atomic E-state index is 4.47. The molecule has 0 spiro atoms. The molecule has 100 valence electrons. The number of hydrogen-bond donors (Lipinski definition) is 1. The van der Waals surface area contributed by atoms with Crippen LogP contribution in [0.2, 0.25) is 0 Å². The van der Waals surface area contributed by atoms with Crippen molar-refractivity contribution < 1.29 is 0 Å². The van der Waals surface area contributed by atoms with E-state index in [2.05, 4.69) is 47.3 Å². The molecule has 1 heterocycles. The van der Waals surface area contributed by atoms with Crippen LogP contribution in [0.25, 0.3) is 0 Å². The molecule has 0 saturated heterocycles. The fraction of sp³-hybridized carbons (Fsp3) is 0.333. The van der Waals surface area contributed by atoms with Gasteiger partial charge in [-0.15, -0.1) is 11.8 Å². The third-order valence-corrected chi connectivity index (χ3v) is 4.02. The number of thioether (sulfide) groups is 1. The van der Waals surface area contributed by atoms with Gasteiger partial charge in [0.15, 0.2) is 0 Å². The molecule has 2 rings (SSSR count). The van der Waals surface area contributed by atoms with E-state index in [1.165, 1.54) is 16.0 Å². The first kappa shape index (κ1) is 13.9. The normalized spacial score (nSPS) is 10.5. The van der Waals surface area contributed by atoms with Gasteiger partial charge in [-0.1, -0.05) is 17.7 Å². The Kier molecular flexibility index (Phi) is 4.43. The van der Waals surface area contributed by atoms with Crippen LogP contribution < -0.4 is 5.32 Å². The molecule has 1 aromatic heterocycles. The van der Waals surface area contributed by atoms with Crippen LogP contribution in [-0.4, -0.2) is 17.0 Å². The first-order valence-electron chi connectivity index (χ1n) is 6.31. The molecule has 0 radical (unpaired) electrons. The first-order valence-corrected chi connectivity index (χ1v) is 7.29. The van der Waals surface area contributed by atoms with E-state index in [-0.39, 0.29) is 0 Å². The smallest absolute Gasteiger partial charge is 0.141 e. The number of anilines is 1. The summed E-state index contributed by atoms with van der Waals surface area (Å²) in [6.45, 7) is 6.25. The zero-order chi connectivity index (χ0) is 13.8. The first-order chi connectivity index (χ1) is 9.08. The highest BCUT2D eigenvalue weighted by molar-refractivity contribution is 7.98. The minimum absolute atomic E-state index is 0.792. The summed E-state index contributed by atoms with van der Waals surface area (Å²) in [4.78, 5) is 10.2. The van der Waals surface area contributed by atoms with Gasteiger partial charge in [-0.05, 0) is 32.4 Å². The minimum Gasteiger partial charge on any atom is -0.373 e. The fourth-order valence-electron chi connectivity index (χ4n) is 1.93. The Morgan fingerprint density at radius 2 is 1.89 bits per heavy atom. The molecule has 0 aliphatic carbocycles. The predicted molar refractivity (Wildman–Crippen MR) is 81.8 cm³/mol. The Morgan fingerprint density at radius 1 is 1.11 bits per heavy atom. The molecule has 0 unspecified atom stereocenters. The third kappa shape index (κ3) is 3.70. The molecule has 0 aliphatic heterocycles. The van der Waals surface area contributed by atoms with E-state index >= 15 is 0 Å². The maximum atomic E-state index is 4.47. The molecule has 0 amide bonds. The van der Waals surface area contributed by atoms with Gasteiger partial charge in [0.25, 0.3) is 0 Å². The van der Waals surface area contributed by atoms with Crippen LogP contribution in [0.4, 0.5) is 5.82 Å². The summed E-state index contributed by atoms with van der Waals surface area (Å²) in [5.74, 6) is 2.54. The second-order valence-electron chi connectivity index (χ2n) is 4.62. The van der Waals surface area contributed by atoms with Crippen molar-refractivity contribution in [3.63, 3.8) is 0 Å². The van der Waals surface area contributed by atoms with Gasteiger partial charge in [-0.25, -0.2) is 9.97 Å². The average molecular weight is 273 g/mol. The molecule has 1 N–H and O–H groups in total. The maximum Gasteiger partial charge on any atom is 0.141 e. The molecule has 1 aromatic carbocycles. The summed E-state index contributed by atoms with van der Waals surface area (Å²) < 4.78 is 0. The molecule has 19 heavy (non-hydrogen) atoms. The standard InChI is InChI=1S/C15H19N3S/c1-10-5-6-13(11(2)7-10)19-9-15-17-12(3)8-14(16-4)18-15/h5-8H,9H2,1-4H3,(H,16,17,18). The Hall–Kier alpha value is -1.55. The van der Waals surface area contributed by atoms with Gasteiger partial charge in [0, 0.05) is 23.7 Å². The predicted octanol–water partition coefficient (Wildman–Crippen LogP) is 3.74. The molecule has 2 aromatic rings. The van der Waals surface area contributed by atoms with Crippen molar-refractivity contribution in [2.24, 2.45) is 0 Å². The van der Waals surface area contributed by atoms with Gasteiger partial charge in [0.05, 0.1) is 5.75 Å². The molecule has 0 aliphatic rings. The molecular formula is C15H19N3S. The van der Waals surface area contributed by atoms with Gasteiger partial charge in [0.1, 0.15) is 11.6 Å². The number of nitrogens with one attached hydrogen (secondary N) is 1. The molecule has 3 nitrogen and oxygen atoms in total. The van der Waals surface area contributed by atoms with Gasteiger partial charge in [-0.3, -0.25) is 0 Å². The van der Waals surface area contributed by atoms with E-state index in [4.69, 9.17) is 0 Å². The Labute approximate surface area is 118 Å².